The van der Waals surface area contributed by atoms with E-state index in [1.54, 1.807) is 9.47 Å². The van der Waals surface area contributed by atoms with E-state index in [1.165, 1.54) is 11.6 Å². The first kappa shape index (κ1) is 19.6. The first-order chi connectivity index (χ1) is 14.0. The summed E-state index contributed by atoms with van der Waals surface area (Å²) in [6.45, 7) is 6.05. The van der Waals surface area contributed by atoms with Crippen molar-refractivity contribution in [2.24, 2.45) is 0 Å². The number of Topliss-reactive ketones (excluding diaryl/α,β-unsaturated/α-hetero) is 1. The van der Waals surface area contributed by atoms with Gasteiger partial charge in [0, 0.05) is 36.5 Å². The van der Waals surface area contributed by atoms with Crippen LogP contribution in [0.2, 0.25) is 0 Å². The lowest BCUT2D eigenvalue weighted by molar-refractivity contribution is 0.0301. The van der Waals surface area contributed by atoms with E-state index >= 15 is 0 Å². The van der Waals surface area contributed by atoms with Crippen molar-refractivity contribution in [3.05, 3.63) is 63.1 Å². The number of carbonyl (C=O) groups is 2. The van der Waals surface area contributed by atoms with Crippen molar-refractivity contribution >= 4 is 11.7 Å². The number of pyridine rings is 1. The maximum atomic E-state index is 13.4. The van der Waals surface area contributed by atoms with Crippen LogP contribution in [0.15, 0.2) is 35.1 Å². The number of ketones is 1. The van der Waals surface area contributed by atoms with Crippen molar-refractivity contribution in [2.75, 3.05) is 26.3 Å². The number of amides is 1. The Balaban J connectivity index is 1.87. The Kier molecular flexibility index (Phi) is 5.37. The average molecular weight is 394 g/mol. The highest BCUT2D eigenvalue weighted by molar-refractivity contribution is 6.02. The van der Waals surface area contributed by atoms with Crippen LogP contribution in [-0.2, 0) is 11.2 Å². The second kappa shape index (κ2) is 7.95. The van der Waals surface area contributed by atoms with Gasteiger partial charge in [-0.05, 0) is 42.5 Å². The van der Waals surface area contributed by atoms with E-state index in [2.05, 4.69) is 13.8 Å². The molecule has 1 saturated heterocycles. The second-order valence-electron chi connectivity index (χ2n) is 7.99. The Bertz CT molecular complexity index is 999. The standard InChI is InChI=1S/C23H26N2O4/c1-15(2)16-6-8-17(9-7-16)25-20-4-3-5-21(26)18(20)14-19(23(25)28)22(27)24-10-12-29-13-11-24/h6-9,14-15H,3-5,10-13H2,1-2H3. The van der Waals surface area contributed by atoms with Crippen LogP contribution in [0, 0.1) is 0 Å². The number of fused-ring (bicyclic) bond motifs is 1. The lowest BCUT2D eigenvalue weighted by Gasteiger charge is -2.28. The third-order valence-electron chi connectivity index (χ3n) is 5.77. The van der Waals surface area contributed by atoms with E-state index in [0.717, 1.165) is 0 Å². The number of carbonyl (C=O) groups excluding carboxylic acids is 2. The maximum absolute atomic E-state index is 13.4. The van der Waals surface area contributed by atoms with E-state index in [9.17, 15) is 14.4 Å². The Hall–Kier alpha value is -2.73. The van der Waals surface area contributed by atoms with E-state index in [-0.39, 0.29) is 22.8 Å². The van der Waals surface area contributed by atoms with Gasteiger partial charge in [-0.15, -0.1) is 0 Å². The van der Waals surface area contributed by atoms with Crippen molar-refractivity contribution < 1.29 is 14.3 Å². The third kappa shape index (κ3) is 3.65. The quantitative estimate of drug-likeness (QED) is 0.803. The summed E-state index contributed by atoms with van der Waals surface area (Å²) < 4.78 is 6.89. The summed E-state index contributed by atoms with van der Waals surface area (Å²) in [7, 11) is 0. The third-order valence-corrected chi connectivity index (χ3v) is 5.77. The summed E-state index contributed by atoms with van der Waals surface area (Å²) >= 11 is 0. The average Bonchev–Trinajstić information content (AvgIpc) is 2.74. The minimum atomic E-state index is -0.354. The van der Waals surface area contributed by atoms with Crippen molar-refractivity contribution in [1.82, 2.24) is 9.47 Å². The van der Waals surface area contributed by atoms with Gasteiger partial charge in [-0.1, -0.05) is 26.0 Å². The molecule has 0 bridgehead atoms. The molecule has 6 heteroatoms. The molecular weight excluding hydrogens is 368 g/mol. The largest absolute Gasteiger partial charge is 0.378 e. The SMILES string of the molecule is CC(C)c1ccc(-n2c3c(cc(C(=O)N4CCOCC4)c2=O)C(=O)CCC3)cc1. The summed E-state index contributed by atoms with van der Waals surface area (Å²) in [5.41, 5.74) is 2.79. The fourth-order valence-corrected chi connectivity index (χ4v) is 4.06. The topological polar surface area (TPSA) is 68.6 Å². The molecule has 0 unspecified atom stereocenters. The summed E-state index contributed by atoms with van der Waals surface area (Å²) in [6, 6.07) is 9.33. The molecule has 4 rings (SSSR count). The van der Waals surface area contributed by atoms with Gasteiger partial charge in [0.15, 0.2) is 5.78 Å². The van der Waals surface area contributed by atoms with Crippen molar-refractivity contribution in [1.29, 1.82) is 0 Å². The first-order valence-electron chi connectivity index (χ1n) is 10.3. The van der Waals surface area contributed by atoms with Crippen LogP contribution >= 0.6 is 0 Å². The highest BCUT2D eigenvalue weighted by Gasteiger charge is 2.28. The summed E-state index contributed by atoms with van der Waals surface area (Å²) in [6.07, 6.45) is 1.81. The minimum absolute atomic E-state index is 0.00479. The number of morpholine rings is 1. The van der Waals surface area contributed by atoms with E-state index in [1.807, 2.05) is 24.3 Å². The van der Waals surface area contributed by atoms with Crippen LogP contribution < -0.4 is 5.56 Å². The number of hydrogen-bond donors (Lipinski definition) is 0. The zero-order valence-electron chi connectivity index (χ0n) is 16.9. The summed E-state index contributed by atoms with van der Waals surface area (Å²) in [5.74, 6) is 0.0485. The molecule has 1 aliphatic heterocycles. The van der Waals surface area contributed by atoms with Crippen molar-refractivity contribution in [2.45, 2.75) is 39.0 Å². The zero-order chi connectivity index (χ0) is 20.5. The van der Waals surface area contributed by atoms with E-state index in [0.29, 0.717) is 68.4 Å². The zero-order valence-corrected chi connectivity index (χ0v) is 16.9. The predicted molar refractivity (Wildman–Crippen MR) is 110 cm³/mol. The van der Waals surface area contributed by atoms with Gasteiger partial charge >= 0.3 is 0 Å². The second-order valence-corrected chi connectivity index (χ2v) is 7.99. The smallest absolute Gasteiger partial charge is 0.268 e. The normalized spacial score (nSPS) is 16.8. The van der Waals surface area contributed by atoms with Crippen LogP contribution in [0.4, 0.5) is 0 Å². The molecular formula is C23H26N2O4. The highest BCUT2D eigenvalue weighted by Crippen LogP contribution is 2.25. The fraction of sp³-hybridized carbons (Fsp3) is 0.435. The van der Waals surface area contributed by atoms with Gasteiger partial charge in [0.25, 0.3) is 11.5 Å². The van der Waals surface area contributed by atoms with Crippen LogP contribution in [0.1, 0.15) is 64.6 Å². The molecule has 2 aromatic rings. The molecule has 2 heterocycles. The van der Waals surface area contributed by atoms with E-state index in [4.69, 9.17) is 4.74 Å². The van der Waals surface area contributed by atoms with Gasteiger partial charge in [-0.2, -0.15) is 0 Å². The fourth-order valence-electron chi connectivity index (χ4n) is 4.06. The molecule has 0 radical (unpaired) electrons. The molecule has 0 saturated carbocycles. The molecule has 1 aliphatic carbocycles. The number of nitrogens with zero attached hydrogens (tertiary/aromatic N) is 2. The molecule has 0 N–H and O–H groups in total. The number of aromatic nitrogens is 1. The molecule has 152 valence electrons. The van der Waals surface area contributed by atoms with Gasteiger partial charge in [-0.25, -0.2) is 0 Å². The number of hydrogen-bond acceptors (Lipinski definition) is 4. The lowest BCUT2D eigenvalue weighted by Crippen LogP contribution is -2.44. The van der Waals surface area contributed by atoms with Crippen LogP contribution in [0.25, 0.3) is 5.69 Å². The van der Waals surface area contributed by atoms with Crippen LogP contribution in [0.3, 0.4) is 0 Å². The first-order valence-corrected chi connectivity index (χ1v) is 10.3. The number of rotatable bonds is 3. The molecule has 29 heavy (non-hydrogen) atoms. The molecule has 0 spiro atoms. The number of benzene rings is 1. The maximum Gasteiger partial charge on any atom is 0.268 e. The molecule has 1 aromatic heterocycles. The Morgan fingerprint density at radius 1 is 1.03 bits per heavy atom. The van der Waals surface area contributed by atoms with Gasteiger partial charge < -0.3 is 9.64 Å². The lowest BCUT2D eigenvalue weighted by atomic mass is 9.92. The van der Waals surface area contributed by atoms with Gasteiger partial charge in [-0.3, -0.25) is 19.0 Å². The molecule has 6 nitrogen and oxygen atoms in total. The predicted octanol–water partition coefficient (Wildman–Crippen LogP) is 2.95. The molecule has 1 fully saturated rings. The monoisotopic (exact) mass is 394 g/mol. The van der Waals surface area contributed by atoms with E-state index < -0.39 is 0 Å². The summed E-state index contributed by atoms with van der Waals surface area (Å²) in [4.78, 5) is 40.8. The molecule has 0 atom stereocenters. The minimum Gasteiger partial charge on any atom is -0.378 e. The van der Waals surface area contributed by atoms with Crippen molar-refractivity contribution in [3.8, 4) is 5.69 Å². The number of ether oxygens (including phenoxy) is 1. The molecule has 1 amide bonds. The van der Waals surface area contributed by atoms with Crippen LogP contribution in [-0.4, -0.2) is 47.5 Å². The van der Waals surface area contributed by atoms with Crippen molar-refractivity contribution in [3.63, 3.8) is 0 Å². The van der Waals surface area contributed by atoms with Gasteiger partial charge in [0.05, 0.1) is 13.2 Å². The Morgan fingerprint density at radius 3 is 2.38 bits per heavy atom. The van der Waals surface area contributed by atoms with Crippen LogP contribution in [0.5, 0.6) is 0 Å². The van der Waals surface area contributed by atoms with Gasteiger partial charge in [0.1, 0.15) is 5.56 Å². The van der Waals surface area contributed by atoms with Gasteiger partial charge in [0.2, 0.25) is 0 Å². The Labute approximate surface area is 170 Å². The summed E-state index contributed by atoms with van der Waals surface area (Å²) in [5, 5.41) is 0. The highest BCUT2D eigenvalue weighted by atomic mass is 16.5. The Morgan fingerprint density at radius 2 is 1.72 bits per heavy atom. The molecule has 1 aromatic carbocycles. The molecule has 2 aliphatic rings.